The first-order chi connectivity index (χ1) is 14.6. The van der Waals surface area contributed by atoms with E-state index in [1.54, 1.807) is 4.90 Å². The Kier molecular flexibility index (Phi) is 11.1. The van der Waals surface area contributed by atoms with Crippen molar-refractivity contribution in [1.29, 1.82) is 0 Å². The topological polar surface area (TPSA) is 55.8 Å². The summed E-state index contributed by atoms with van der Waals surface area (Å²) in [5.41, 5.74) is 0. The number of ether oxygens (including phenoxy) is 2. The van der Waals surface area contributed by atoms with Gasteiger partial charge in [0.1, 0.15) is 6.10 Å². The van der Waals surface area contributed by atoms with Crippen molar-refractivity contribution in [3.63, 3.8) is 0 Å². The summed E-state index contributed by atoms with van der Waals surface area (Å²) in [5, 5.41) is 0. The first-order valence-corrected chi connectivity index (χ1v) is 12.1. The molecular weight excluding hydrogens is 378 g/mol. The van der Waals surface area contributed by atoms with Gasteiger partial charge >= 0.3 is 12.1 Å². The van der Waals surface area contributed by atoms with E-state index < -0.39 is 0 Å². The Labute approximate surface area is 183 Å². The Bertz CT molecular complexity index is 570. The molecule has 0 N–H and O–H groups in total. The minimum atomic E-state index is -0.372. The summed E-state index contributed by atoms with van der Waals surface area (Å²) in [6.07, 6.45) is 21.5. The molecule has 1 aliphatic heterocycles. The van der Waals surface area contributed by atoms with E-state index in [0.29, 0.717) is 12.8 Å². The number of hydrogen-bond donors (Lipinski definition) is 0. The van der Waals surface area contributed by atoms with E-state index in [1.807, 2.05) is 0 Å². The van der Waals surface area contributed by atoms with Gasteiger partial charge in [0.2, 0.25) is 0 Å². The van der Waals surface area contributed by atoms with Crippen LogP contribution in [0.25, 0.3) is 0 Å². The zero-order valence-electron chi connectivity index (χ0n) is 19.1. The van der Waals surface area contributed by atoms with Gasteiger partial charge in [-0.05, 0) is 32.1 Å². The number of terminal acetylenes is 1. The van der Waals surface area contributed by atoms with Crippen LogP contribution in [0.15, 0.2) is 0 Å². The molecule has 1 unspecified atom stereocenters. The van der Waals surface area contributed by atoms with Crippen LogP contribution in [0.3, 0.4) is 0 Å². The van der Waals surface area contributed by atoms with E-state index >= 15 is 0 Å². The fourth-order valence-electron chi connectivity index (χ4n) is 5.11. The number of carbonyl (C=O) groups is 2. The second-order valence-corrected chi connectivity index (χ2v) is 8.92. The third kappa shape index (κ3) is 7.22. The summed E-state index contributed by atoms with van der Waals surface area (Å²) < 4.78 is 10.8. The molecule has 2 fully saturated rings. The smallest absolute Gasteiger partial charge is 0.410 e. The Morgan fingerprint density at radius 3 is 2.23 bits per heavy atom. The summed E-state index contributed by atoms with van der Waals surface area (Å²) in [6, 6.07) is -0.254. The lowest BCUT2D eigenvalue weighted by molar-refractivity contribution is -0.154. The third-order valence-corrected chi connectivity index (χ3v) is 6.74. The zero-order valence-corrected chi connectivity index (χ0v) is 19.1. The number of methoxy groups -OCH3 is 1. The van der Waals surface area contributed by atoms with E-state index in [1.165, 1.54) is 58.5 Å². The van der Waals surface area contributed by atoms with Gasteiger partial charge in [-0.1, -0.05) is 70.6 Å². The molecular formula is C25H41NO4. The number of carbonyl (C=O) groups excluding carboxylic acids is 2. The maximum atomic E-state index is 12.4. The van der Waals surface area contributed by atoms with Gasteiger partial charge in [-0.25, -0.2) is 4.79 Å². The van der Waals surface area contributed by atoms with Crippen molar-refractivity contribution in [2.24, 2.45) is 5.92 Å². The van der Waals surface area contributed by atoms with Crippen LogP contribution in [0, 0.1) is 18.3 Å². The number of hydrogen-bond acceptors (Lipinski definition) is 4. The van der Waals surface area contributed by atoms with E-state index in [9.17, 15) is 9.59 Å². The van der Waals surface area contributed by atoms with Gasteiger partial charge < -0.3 is 9.47 Å². The number of esters is 1. The van der Waals surface area contributed by atoms with Crippen molar-refractivity contribution in [3.05, 3.63) is 0 Å². The average Bonchev–Trinajstić information content (AvgIpc) is 3.14. The molecule has 1 aliphatic carbocycles. The molecule has 2 aliphatic rings. The molecule has 5 nitrogen and oxygen atoms in total. The van der Waals surface area contributed by atoms with Crippen LogP contribution < -0.4 is 0 Å². The van der Waals surface area contributed by atoms with E-state index in [2.05, 4.69) is 12.8 Å². The Hall–Kier alpha value is -1.70. The van der Waals surface area contributed by atoms with Crippen LogP contribution >= 0.6 is 0 Å². The first-order valence-electron chi connectivity index (χ1n) is 12.1. The van der Waals surface area contributed by atoms with Crippen molar-refractivity contribution in [2.75, 3.05) is 7.11 Å². The van der Waals surface area contributed by atoms with Crippen molar-refractivity contribution in [2.45, 2.75) is 121 Å². The van der Waals surface area contributed by atoms with E-state index in [0.717, 1.165) is 32.1 Å². The van der Waals surface area contributed by atoms with Gasteiger partial charge in [0.15, 0.2) is 0 Å². The lowest BCUT2D eigenvalue weighted by atomic mass is 9.82. The maximum Gasteiger partial charge on any atom is 0.410 e. The Balaban J connectivity index is 1.65. The van der Waals surface area contributed by atoms with Gasteiger partial charge in [-0.2, -0.15) is 0 Å². The molecule has 0 aromatic heterocycles. The second kappa shape index (κ2) is 13.6. The lowest BCUT2D eigenvalue weighted by Crippen LogP contribution is -2.46. The van der Waals surface area contributed by atoms with E-state index in [-0.39, 0.29) is 36.2 Å². The van der Waals surface area contributed by atoms with Crippen LogP contribution in [0.1, 0.15) is 103 Å². The van der Waals surface area contributed by atoms with Crippen LogP contribution in [0.4, 0.5) is 4.79 Å². The van der Waals surface area contributed by atoms with Crippen molar-refractivity contribution >= 4 is 12.1 Å². The molecule has 1 amide bonds. The fraction of sp³-hybridized carbons (Fsp3) is 0.840. The molecule has 0 aromatic carbocycles. The molecule has 2 rings (SSSR count). The minimum absolute atomic E-state index is 0.0161. The zero-order chi connectivity index (χ0) is 21.8. The molecule has 30 heavy (non-hydrogen) atoms. The SMILES string of the molecule is C#CC1C[C@H]2[C@@H](OC(=O)CCCCCCCCCCCC)CCC[C@H]2N1C(=O)OC. The lowest BCUT2D eigenvalue weighted by Gasteiger charge is -2.36. The summed E-state index contributed by atoms with van der Waals surface area (Å²) >= 11 is 0. The molecule has 1 saturated heterocycles. The molecule has 170 valence electrons. The third-order valence-electron chi connectivity index (χ3n) is 6.74. The number of fused-ring (bicyclic) bond motifs is 1. The average molecular weight is 420 g/mol. The number of rotatable bonds is 12. The Morgan fingerprint density at radius 2 is 1.63 bits per heavy atom. The largest absolute Gasteiger partial charge is 0.462 e. The van der Waals surface area contributed by atoms with Crippen molar-refractivity contribution in [3.8, 4) is 12.3 Å². The highest BCUT2D eigenvalue weighted by atomic mass is 16.5. The monoisotopic (exact) mass is 419 g/mol. The molecule has 0 radical (unpaired) electrons. The van der Waals surface area contributed by atoms with Crippen molar-refractivity contribution < 1.29 is 19.1 Å². The number of nitrogens with zero attached hydrogens (tertiary/aromatic N) is 1. The molecule has 0 aromatic rings. The summed E-state index contributed by atoms with van der Waals surface area (Å²) in [7, 11) is 1.38. The maximum absolute atomic E-state index is 12.4. The second-order valence-electron chi connectivity index (χ2n) is 8.92. The number of unbranched alkanes of at least 4 members (excludes halogenated alkanes) is 9. The predicted octanol–water partition coefficient (Wildman–Crippen LogP) is 5.85. The quantitative estimate of drug-likeness (QED) is 0.226. The van der Waals surface area contributed by atoms with Gasteiger partial charge in [0.25, 0.3) is 0 Å². The fourth-order valence-corrected chi connectivity index (χ4v) is 5.11. The number of likely N-dealkylation sites (tertiary alicyclic amines) is 1. The van der Waals surface area contributed by atoms with Crippen LogP contribution in [0.5, 0.6) is 0 Å². The normalized spacial score (nSPS) is 25.4. The predicted molar refractivity (Wildman–Crippen MR) is 119 cm³/mol. The van der Waals surface area contributed by atoms with Crippen LogP contribution in [0.2, 0.25) is 0 Å². The highest BCUT2D eigenvalue weighted by Crippen LogP contribution is 2.41. The van der Waals surface area contributed by atoms with Gasteiger partial charge in [-0.15, -0.1) is 6.42 Å². The molecule has 1 saturated carbocycles. The molecule has 4 atom stereocenters. The van der Waals surface area contributed by atoms with Gasteiger partial charge in [0, 0.05) is 18.4 Å². The summed E-state index contributed by atoms with van der Waals surface area (Å²) in [5.74, 6) is 2.73. The van der Waals surface area contributed by atoms with Gasteiger partial charge in [-0.3, -0.25) is 9.69 Å². The summed E-state index contributed by atoms with van der Waals surface area (Å²) in [4.78, 5) is 26.3. The molecule has 5 heteroatoms. The number of amides is 1. The minimum Gasteiger partial charge on any atom is -0.462 e. The van der Waals surface area contributed by atoms with Crippen LogP contribution in [-0.4, -0.2) is 42.3 Å². The van der Waals surface area contributed by atoms with Crippen LogP contribution in [-0.2, 0) is 14.3 Å². The first kappa shape index (κ1) is 24.6. The van der Waals surface area contributed by atoms with Gasteiger partial charge in [0.05, 0.1) is 13.2 Å². The highest BCUT2D eigenvalue weighted by Gasteiger charge is 2.49. The highest BCUT2D eigenvalue weighted by molar-refractivity contribution is 5.70. The standard InChI is InChI=1S/C25H41NO4/c1-4-6-7-8-9-10-11-12-13-14-18-24(27)30-23-17-15-16-22-21(23)19-20(5-2)26(22)25(28)29-3/h2,20-23H,4,6-19H2,1,3H3/t20?,21-,22-,23+/m1/s1. The van der Waals surface area contributed by atoms with E-state index in [4.69, 9.17) is 15.9 Å². The summed E-state index contributed by atoms with van der Waals surface area (Å²) in [6.45, 7) is 2.25. The molecule has 1 heterocycles. The molecule has 0 spiro atoms. The Morgan fingerprint density at radius 1 is 1.00 bits per heavy atom. The molecule has 0 bridgehead atoms. The van der Waals surface area contributed by atoms with Crippen molar-refractivity contribution in [1.82, 2.24) is 4.90 Å².